The van der Waals surface area contributed by atoms with Gasteiger partial charge in [-0.1, -0.05) is 6.07 Å². The molecule has 1 aliphatic rings. The molecular weight excluding hydrogens is 408 g/mol. The maximum Gasteiger partial charge on any atom is 0.274 e. The Morgan fingerprint density at radius 1 is 1.19 bits per heavy atom. The number of amides is 1. The Labute approximate surface area is 187 Å². The highest BCUT2D eigenvalue weighted by Crippen LogP contribution is 2.23. The molecule has 9 heteroatoms. The third-order valence-electron chi connectivity index (χ3n) is 5.67. The number of hydrogen-bond acceptors (Lipinski definition) is 6. The van der Waals surface area contributed by atoms with Crippen molar-refractivity contribution in [3.8, 4) is 11.1 Å². The minimum absolute atomic E-state index is 0.0117. The summed E-state index contributed by atoms with van der Waals surface area (Å²) in [6.45, 7) is 9.90. The van der Waals surface area contributed by atoms with Gasteiger partial charge in [-0.3, -0.25) is 19.4 Å². The van der Waals surface area contributed by atoms with Gasteiger partial charge in [0.15, 0.2) is 0 Å². The molecule has 0 unspecified atom stereocenters. The predicted octanol–water partition coefficient (Wildman–Crippen LogP) is 2.18. The Balaban J connectivity index is 1.43. The molecule has 1 aromatic carbocycles. The molecule has 9 nitrogen and oxygen atoms in total. The number of nitrogens with zero attached hydrogens (tertiary/aromatic N) is 5. The largest absolute Gasteiger partial charge is 0.366 e. The minimum Gasteiger partial charge on any atom is -0.366 e. The molecule has 1 atom stereocenters. The van der Waals surface area contributed by atoms with E-state index >= 15 is 0 Å². The number of piperazine rings is 1. The fourth-order valence-electron chi connectivity index (χ4n) is 3.92. The van der Waals surface area contributed by atoms with E-state index in [1.54, 1.807) is 19.4 Å². The lowest BCUT2D eigenvalue weighted by Gasteiger charge is -2.40. The molecule has 32 heavy (non-hydrogen) atoms. The average molecular weight is 439 g/mol. The Morgan fingerprint density at radius 2 is 1.91 bits per heavy atom. The van der Waals surface area contributed by atoms with Crippen LogP contribution in [0.1, 0.15) is 27.7 Å². The molecule has 0 aliphatic carbocycles. The number of benzene rings is 1. The number of anilines is 1. The second kappa shape index (κ2) is 8.38. The Bertz CT molecular complexity index is 1180. The second-order valence-electron chi connectivity index (χ2n) is 9.29. The molecular formula is C23H30N6O3. The summed E-state index contributed by atoms with van der Waals surface area (Å²) in [5.74, 6) is 0.658. The summed E-state index contributed by atoms with van der Waals surface area (Å²) in [5.41, 5.74) is 2.21. The van der Waals surface area contributed by atoms with Crippen LogP contribution in [0.3, 0.4) is 0 Å². The highest BCUT2D eigenvalue weighted by atomic mass is 16.5. The first-order chi connectivity index (χ1) is 15.1. The number of rotatable bonds is 4. The molecule has 4 rings (SSSR count). The van der Waals surface area contributed by atoms with Crippen molar-refractivity contribution in [2.75, 3.05) is 31.1 Å². The summed E-state index contributed by atoms with van der Waals surface area (Å²) in [5, 5.41) is 3.70. The zero-order valence-electron chi connectivity index (χ0n) is 19.3. The van der Waals surface area contributed by atoms with E-state index < -0.39 is 0 Å². The number of aromatic nitrogens is 4. The lowest BCUT2D eigenvalue weighted by Crippen LogP contribution is -2.55. The Morgan fingerprint density at radius 3 is 2.56 bits per heavy atom. The number of hydrogen-bond donors (Lipinski definition) is 1. The van der Waals surface area contributed by atoms with Crippen molar-refractivity contribution in [3.63, 3.8) is 0 Å². The first-order valence-electron chi connectivity index (χ1n) is 10.8. The number of fused-ring (bicyclic) bond motifs is 1. The highest BCUT2D eigenvalue weighted by Gasteiger charge is 2.29. The van der Waals surface area contributed by atoms with E-state index in [9.17, 15) is 9.59 Å². The maximum absolute atomic E-state index is 12.5. The molecule has 0 saturated carbocycles. The van der Waals surface area contributed by atoms with Crippen LogP contribution in [0.5, 0.6) is 0 Å². The van der Waals surface area contributed by atoms with Gasteiger partial charge in [0.25, 0.3) is 5.56 Å². The van der Waals surface area contributed by atoms with Crippen molar-refractivity contribution in [3.05, 3.63) is 40.9 Å². The molecule has 170 valence electrons. The van der Waals surface area contributed by atoms with Crippen molar-refractivity contribution in [2.24, 2.45) is 7.05 Å². The number of aromatic amines is 1. The normalized spacial score (nSPS) is 17.2. The third-order valence-corrected chi connectivity index (χ3v) is 5.67. The van der Waals surface area contributed by atoms with Crippen molar-refractivity contribution >= 4 is 22.8 Å². The molecule has 1 saturated heterocycles. The van der Waals surface area contributed by atoms with Crippen LogP contribution in [0.25, 0.3) is 22.0 Å². The SMILES string of the molecule is C[C@@H]1CN(c2ncc(-c3ccc4c(=O)n(C)[nH]c4c3)cn2)CCN1C(=O)COC(C)(C)C. The number of carbonyl (C=O) groups excluding carboxylic acids is 1. The van der Waals surface area contributed by atoms with Gasteiger partial charge in [0, 0.05) is 50.7 Å². The molecule has 3 heterocycles. The van der Waals surface area contributed by atoms with Gasteiger partial charge in [-0.2, -0.15) is 0 Å². The van der Waals surface area contributed by atoms with Crippen molar-refractivity contribution in [1.82, 2.24) is 24.6 Å². The summed E-state index contributed by atoms with van der Waals surface area (Å²) in [6.07, 6.45) is 3.59. The lowest BCUT2D eigenvalue weighted by molar-refractivity contribution is -0.143. The van der Waals surface area contributed by atoms with Crippen LogP contribution >= 0.6 is 0 Å². The predicted molar refractivity (Wildman–Crippen MR) is 124 cm³/mol. The van der Waals surface area contributed by atoms with Gasteiger partial charge >= 0.3 is 0 Å². The summed E-state index contributed by atoms with van der Waals surface area (Å²) >= 11 is 0. The van der Waals surface area contributed by atoms with E-state index in [4.69, 9.17) is 4.74 Å². The molecule has 1 amide bonds. The maximum atomic E-state index is 12.5. The molecule has 0 bridgehead atoms. The van der Waals surface area contributed by atoms with Crippen LogP contribution < -0.4 is 10.5 Å². The van der Waals surface area contributed by atoms with E-state index in [1.165, 1.54) is 4.68 Å². The zero-order valence-corrected chi connectivity index (χ0v) is 19.3. The molecule has 0 spiro atoms. The van der Waals surface area contributed by atoms with Crippen molar-refractivity contribution < 1.29 is 9.53 Å². The van der Waals surface area contributed by atoms with Gasteiger partial charge in [0.1, 0.15) is 6.61 Å². The van der Waals surface area contributed by atoms with Crippen molar-refractivity contribution in [1.29, 1.82) is 0 Å². The monoisotopic (exact) mass is 438 g/mol. The fourth-order valence-corrected chi connectivity index (χ4v) is 3.92. The van der Waals surface area contributed by atoms with Gasteiger partial charge < -0.3 is 14.5 Å². The van der Waals surface area contributed by atoms with Crippen molar-refractivity contribution in [2.45, 2.75) is 39.3 Å². The summed E-state index contributed by atoms with van der Waals surface area (Å²) in [7, 11) is 1.70. The number of ether oxygens (including phenoxy) is 1. The number of H-pyrrole nitrogens is 1. The fraction of sp³-hybridized carbons (Fsp3) is 0.478. The summed E-state index contributed by atoms with van der Waals surface area (Å²) in [4.78, 5) is 37.7. The van der Waals surface area contributed by atoms with E-state index in [-0.39, 0.29) is 29.7 Å². The summed E-state index contributed by atoms with van der Waals surface area (Å²) < 4.78 is 7.11. The van der Waals surface area contributed by atoms with E-state index in [1.807, 2.05) is 50.8 Å². The van der Waals surface area contributed by atoms with Gasteiger partial charge in [-0.25, -0.2) is 9.97 Å². The van der Waals surface area contributed by atoms with Gasteiger partial charge in [0.2, 0.25) is 11.9 Å². The van der Waals surface area contributed by atoms with Crippen LogP contribution in [0.2, 0.25) is 0 Å². The Hall–Kier alpha value is -3.20. The smallest absolute Gasteiger partial charge is 0.274 e. The molecule has 1 N–H and O–H groups in total. The highest BCUT2D eigenvalue weighted by molar-refractivity contribution is 5.83. The molecule has 1 aliphatic heterocycles. The van der Waals surface area contributed by atoms with Gasteiger partial charge in [-0.05, 0) is 45.4 Å². The molecule has 3 aromatic rings. The first kappa shape index (κ1) is 22.0. The molecule has 2 aromatic heterocycles. The first-order valence-corrected chi connectivity index (χ1v) is 10.8. The zero-order chi connectivity index (χ0) is 23.0. The number of nitrogens with one attached hydrogen (secondary N) is 1. The number of aryl methyl sites for hydroxylation is 1. The van der Waals surface area contributed by atoms with Crippen LogP contribution in [0.4, 0.5) is 5.95 Å². The Kier molecular flexibility index (Phi) is 5.77. The molecule has 1 fully saturated rings. The quantitative estimate of drug-likeness (QED) is 0.671. The standard InChI is InChI=1S/C23H30N6O3/c1-15-13-28(8-9-29(15)20(30)14-32-23(2,3)4)22-24-11-17(12-25-22)16-6-7-18-19(10-16)26-27(5)21(18)31/h6-7,10-12,15,26H,8-9,13-14H2,1-5H3/t15-/m1/s1. The second-order valence-corrected chi connectivity index (χ2v) is 9.29. The van der Waals surface area contributed by atoms with E-state index in [2.05, 4.69) is 20.0 Å². The molecule has 0 radical (unpaired) electrons. The van der Waals surface area contributed by atoms with Crippen LogP contribution in [-0.4, -0.2) is 68.4 Å². The third kappa shape index (κ3) is 4.52. The van der Waals surface area contributed by atoms with Gasteiger partial charge in [0.05, 0.1) is 16.5 Å². The van der Waals surface area contributed by atoms with E-state index in [0.717, 1.165) is 16.6 Å². The van der Waals surface area contributed by atoms with Crippen LogP contribution in [0, 0.1) is 0 Å². The van der Waals surface area contributed by atoms with E-state index in [0.29, 0.717) is 31.0 Å². The topological polar surface area (TPSA) is 96.4 Å². The van der Waals surface area contributed by atoms with Crippen LogP contribution in [0.15, 0.2) is 35.4 Å². The lowest BCUT2D eigenvalue weighted by atomic mass is 10.1. The summed E-state index contributed by atoms with van der Waals surface area (Å²) in [6, 6.07) is 5.70. The average Bonchev–Trinajstić information content (AvgIpc) is 3.04. The van der Waals surface area contributed by atoms with Crippen LogP contribution in [-0.2, 0) is 16.6 Å². The number of carbonyl (C=O) groups is 1. The van der Waals surface area contributed by atoms with Gasteiger partial charge in [-0.15, -0.1) is 0 Å². The minimum atomic E-state index is -0.337.